The van der Waals surface area contributed by atoms with Crippen LogP contribution in [0.2, 0.25) is 0 Å². The van der Waals surface area contributed by atoms with Crippen molar-refractivity contribution in [2.24, 2.45) is 0 Å². The Morgan fingerprint density at radius 2 is 1.67 bits per heavy atom. The molecule has 0 spiro atoms. The minimum absolute atomic E-state index is 0.152. The second-order valence-electron chi connectivity index (χ2n) is 6.07. The second-order valence-corrected chi connectivity index (χ2v) is 6.07. The molecule has 0 fully saturated rings. The number of hydrogen-bond donors (Lipinski definition) is 2. The summed E-state index contributed by atoms with van der Waals surface area (Å²) in [6, 6.07) is 16.6. The Morgan fingerprint density at radius 1 is 0.963 bits per heavy atom. The van der Waals surface area contributed by atoms with Crippen LogP contribution in [0.4, 0.5) is 5.69 Å². The Balaban J connectivity index is 1.93. The van der Waals surface area contributed by atoms with Gasteiger partial charge in [0.2, 0.25) is 5.91 Å². The van der Waals surface area contributed by atoms with Crippen molar-refractivity contribution in [3.8, 4) is 0 Å². The van der Waals surface area contributed by atoms with Crippen molar-refractivity contribution in [1.29, 1.82) is 0 Å². The van der Waals surface area contributed by atoms with Crippen LogP contribution in [0, 0.1) is 0 Å². The average molecular weight is 363 g/mol. The van der Waals surface area contributed by atoms with Crippen molar-refractivity contribution >= 4 is 17.5 Å². The lowest BCUT2D eigenvalue weighted by Gasteiger charge is -2.18. The summed E-state index contributed by atoms with van der Waals surface area (Å²) in [4.78, 5) is 26.5. The summed E-state index contributed by atoms with van der Waals surface area (Å²) >= 11 is 0. The normalized spacial score (nSPS) is 10.3. The zero-order valence-electron chi connectivity index (χ0n) is 15.4. The van der Waals surface area contributed by atoms with Crippen LogP contribution in [-0.2, 0) is 11.3 Å². The predicted molar refractivity (Wildman–Crippen MR) is 110 cm³/mol. The Labute approximate surface area is 160 Å². The molecule has 0 aromatic heterocycles. The Hall–Kier alpha value is -3.18. The number of nitrogens with one attached hydrogen (secondary N) is 2. The Bertz CT molecular complexity index is 777. The molecule has 2 amide bonds. The summed E-state index contributed by atoms with van der Waals surface area (Å²) in [6.07, 6.45) is 3.49. The third-order valence-corrected chi connectivity index (χ3v) is 3.85. The summed E-state index contributed by atoms with van der Waals surface area (Å²) in [7, 11) is 0. The van der Waals surface area contributed by atoms with Crippen molar-refractivity contribution in [1.82, 2.24) is 10.2 Å². The van der Waals surface area contributed by atoms with Gasteiger partial charge in [0.05, 0.1) is 6.54 Å². The molecule has 2 N–H and O–H groups in total. The van der Waals surface area contributed by atoms with E-state index in [0.717, 1.165) is 5.56 Å². The summed E-state index contributed by atoms with van der Waals surface area (Å²) in [5.74, 6) is -0.338. The molecule has 5 heteroatoms. The highest BCUT2D eigenvalue weighted by atomic mass is 16.2. The van der Waals surface area contributed by atoms with Crippen LogP contribution in [0.3, 0.4) is 0 Å². The fourth-order valence-electron chi connectivity index (χ4n) is 2.59. The van der Waals surface area contributed by atoms with Gasteiger partial charge in [0, 0.05) is 30.9 Å². The number of nitrogens with zero attached hydrogens (tertiary/aromatic N) is 1. The van der Waals surface area contributed by atoms with Crippen molar-refractivity contribution in [3.63, 3.8) is 0 Å². The molecule has 5 nitrogen and oxygen atoms in total. The molecule has 0 aliphatic carbocycles. The van der Waals surface area contributed by atoms with Gasteiger partial charge in [-0.1, -0.05) is 48.6 Å². The predicted octanol–water partition coefficient (Wildman–Crippen LogP) is 3.23. The molecular weight excluding hydrogens is 338 g/mol. The first kappa shape index (κ1) is 20.1. The van der Waals surface area contributed by atoms with Gasteiger partial charge in [-0.25, -0.2) is 0 Å². The molecule has 27 heavy (non-hydrogen) atoms. The Kier molecular flexibility index (Phi) is 8.00. The van der Waals surface area contributed by atoms with Crippen molar-refractivity contribution in [2.45, 2.75) is 6.54 Å². The van der Waals surface area contributed by atoms with Crippen LogP contribution >= 0.6 is 0 Å². The first-order valence-electron chi connectivity index (χ1n) is 8.78. The highest BCUT2D eigenvalue weighted by Crippen LogP contribution is 2.11. The van der Waals surface area contributed by atoms with E-state index in [9.17, 15) is 9.59 Å². The summed E-state index contributed by atoms with van der Waals surface area (Å²) in [6.45, 7) is 9.26. The van der Waals surface area contributed by atoms with Gasteiger partial charge in [-0.05, 0) is 23.8 Å². The van der Waals surface area contributed by atoms with Crippen LogP contribution in [0.1, 0.15) is 15.9 Å². The molecule has 0 aliphatic rings. The summed E-state index contributed by atoms with van der Waals surface area (Å²) in [5.41, 5.74) is 2.11. The van der Waals surface area contributed by atoms with Crippen LogP contribution < -0.4 is 10.6 Å². The fourth-order valence-corrected chi connectivity index (χ4v) is 2.59. The average Bonchev–Trinajstić information content (AvgIpc) is 2.67. The minimum atomic E-state index is -0.185. The largest absolute Gasteiger partial charge is 0.348 e. The number of amides is 2. The monoisotopic (exact) mass is 363 g/mol. The number of anilines is 1. The quantitative estimate of drug-likeness (QED) is 0.637. The van der Waals surface area contributed by atoms with Crippen LogP contribution in [0.5, 0.6) is 0 Å². The topological polar surface area (TPSA) is 61.4 Å². The van der Waals surface area contributed by atoms with E-state index in [0.29, 0.717) is 30.9 Å². The van der Waals surface area contributed by atoms with Gasteiger partial charge >= 0.3 is 0 Å². The van der Waals surface area contributed by atoms with Gasteiger partial charge in [-0.2, -0.15) is 0 Å². The maximum absolute atomic E-state index is 12.3. The van der Waals surface area contributed by atoms with E-state index in [2.05, 4.69) is 23.8 Å². The van der Waals surface area contributed by atoms with Crippen LogP contribution in [0.15, 0.2) is 79.9 Å². The standard InChI is InChI=1S/C22H25N3O2/c1-3-13-25(14-4-2)17-21(26)24-20-12-8-11-19(15-20)22(27)23-16-18-9-6-5-7-10-18/h3-12,15H,1-2,13-14,16-17H2,(H,23,27)(H,24,26). The lowest BCUT2D eigenvalue weighted by Crippen LogP contribution is -2.33. The van der Waals surface area contributed by atoms with Crippen LogP contribution in [0.25, 0.3) is 0 Å². The van der Waals surface area contributed by atoms with E-state index in [-0.39, 0.29) is 18.4 Å². The molecular formula is C22H25N3O2. The molecule has 0 atom stereocenters. The highest BCUT2D eigenvalue weighted by Gasteiger charge is 2.10. The van der Waals surface area contributed by atoms with E-state index in [1.807, 2.05) is 35.2 Å². The first-order chi connectivity index (χ1) is 13.1. The molecule has 0 saturated carbocycles. The van der Waals surface area contributed by atoms with E-state index in [4.69, 9.17) is 0 Å². The maximum atomic E-state index is 12.3. The molecule has 0 heterocycles. The smallest absolute Gasteiger partial charge is 0.251 e. The number of hydrogen-bond acceptors (Lipinski definition) is 3. The molecule has 2 aromatic rings. The molecule has 140 valence electrons. The lowest BCUT2D eigenvalue weighted by molar-refractivity contribution is -0.117. The summed E-state index contributed by atoms with van der Waals surface area (Å²) < 4.78 is 0. The highest BCUT2D eigenvalue weighted by molar-refractivity contribution is 5.97. The molecule has 0 unspecified atom stereocenters. The zero-order valence-corrected chi connectivity index (χ0v) is 15.4. The lowest BCUT2D eigenvalue weighted by atomic mass is 10.1. The van der Waals surface area contributed by atoms with E-state index in [1.54, 1.807) is 36.4 Å². The fraction of sp³-hybridized carbons (Fsp3) is 0.182. The molecule has 0 radical (unpaired) electrons. The van der Waals surface area contributed by atoms with Crippen molar-refractivity contribution < 1.29 is 9.59 Å². The third-order valence-electron chi connectivity index (χ3n) is 3.85. The maximum Gasteiger partial charge on any atom is 0.251 e. The van der Waals surface area contributed by atoms with Crippen molar-refractivity contribution in [2.75, 3.05) is 25.0 Å². The third kappa shape index (κ3) is 6.92. The minimum Gasteiger partial charge on any atom is -0.348 e. The van der Waals surface area contributed by atoms with E-state index >= 15 is 0 Å². The number of carbonyl (C=O) groups is 2. The first-order valence-corrected chi connectivity index (χ1v) is 8.78. The molecule has 2 rings (SSSR count). The van der Waals surface area contributed by atoms with Gasteiger partial charge in [-0.15, -0.1) is 13.2 Å². The van der Waals surface area contributed by atoms with Crippen LogP contribution in [-0.4, -0.2) is 36.3 Å². The van der Waals surface area contributed by atoms with Gasteiger partial charge in [0.15, 0.2) is 0 Å². The number of rotatable bonds is 10. The number of benzene rings is 2. The van der Waals surface area contributed by atoms with E-state index in [1.165, 1.54) is 0 Å². The van der Waals surface area contributed by atoms with Gasteiger partial charge in [-0.3, -0.25) is 14.5 Å². The molecule has 0 aliphatic heterocycles. The Morgan fingerprint density at radius 3 is 2.33 bits per heavy atom. The van der Waals surface area contributed by atoms with Crippen molar-refractivity contribution in [3.05, 3.63) is 91.0 Å². The van der Waals surface area contributed by atoms with Gasteiger partial charge < -0.3 is 10.6 Å². The SMILES string of the molecule is C=CCN(CC=C)CC(=O)Nc1cccc(C(=O)NCc2ccccc2)c1. The summed E-state index contributed by atoms with van der Waals surface area (Å²) in [5, 5.41) is 5.71. The molecule has 2 aromatic carbocycles. The van der Waals surface area contributed by atoms with Gasteiger partial charge in [0.25, 0.3) is 5.91 Å². The van der Waals surface area contributed by atoms with Gasteiger partial charge in [0.1, 0.15) is 0 Å². The number of carbonyl (C=O) groups excluding carboxylic acids is 2. The molecule has 0 bridgehead atoms. The van der Waals surface area contributed by atoms with E-state index < -0.39 is 0 Å². The zero-order chi connectivity index (χ0) is 19.5. The molecule has 0 saturated heterocycles. The second kappa shape index (κ2) is 10.7.